The quantitative estimate of drug-likeness (QED) is 0.156. The van der Waals surface area contributed by atoms with Crippen LogP contribution in [0.25, 0.3) is 33.0 Å². The van der Waals surface area contributed by atoms with Crippen LogP contribution in [0.1, 0.15) is 44.5 Å². The molecule has 12 rings (SSSR count). The Labute approximate surface area is 357 Å². The Morgan fingerprint density at radius 3 is 1.23 bits per heavy atom. The number of benzene rings is 10. The molecule has 1 atom stereocenters. The van der Waals surface area contributed by atoms with E-state index >= 15 is 0 Å². The van der Waals surface area contributed by atoms with Gasteiger partial charge in [0.05, 0.1) is 10.8 Å². The molecule has 0 heterocycles. The highest BCUT2D eigenvalue weighted by Crippen LogP contribution is 2.58. The number of para-hydroxylation sites is 1. The molecule has 0 bridgehead atoms. The molecule has 0 N–H and O–H groups in total. The third-order valence-corrected chi connectivity index (χ3v) is 13.4. The van der Waals surface area contributed by atoms with Crippen LogP contribution in [0.4, 0.5) is 17.1 Å². The highest BCUT2D eigenvalue weighted by Gasteiger charge is 2.47. The van der Waals surface area contributed by atoms with Crippen molar-refractivity contribution in [2.45, 2.75) is 10.8 Å². The summed E-state index contributed by atoms with van der Waals surface area (Å²) >= 11 is 0. The van der Waals surface area contributed by atoms with Crippen molar-refractivity contribution in [2.24, 2.45) is 0 Å². The van der Waals surface area contributed by atoms with E-state index in [4.69, 9.17) is 0 Å². The molecule has 0 saturated heterocycles. The molecule has 0 aliphatic heterocycles. The highest BCUT2D eigenvalue weighted by molar-refractivity contribution is 6.05. The standard InChI is InChI=1S/C60H41N/c1-5-21-43(22-6-1)59(55-33-16-14-30-51(55)53-31-17-19-42-20-18-34-56(59)58(42)53)46-35-37-48(38-36-46)61(47-27-11-4-12-28-47)49-39-40-52-50-29-13-15-32-54(50)60(57(52)41-49,44-23-7-2-8-24-44)45-25-9-3-10-26-45/h1-41H. The van der Waals surface area contributed by atoms with Crippen molar-refractivity contribution in [2.75, 3.05) is 4.90 Å². The van der Waals surface area contributed by atoms with Gasteiger partial charge < -0.3 is 4.90 Å². The number of nitrogens with zero attached hydrogens (tertiary/aromatic N) is 1. The third kappa shape index (κ3) is 5.08. The molecular formula is C60H41N. The predicted molar refractivity (Wildman–Crippen MR) is 253 cm³/mol. The van der Waals surface area contributed by atoms with E-state index in [1.54, 1.807) is 0 Å². The summed E-state index contributed by atoms with van der Waals surface area (Å²) in [5, 5.41) is 2.58. The second-order valence-electron chi connectivity index (χ2n) is 16.3. The summed E-state index contributed by atoms with van der Waals surface area (Å²) in [5.74, 6) is 0. The molecule has 0 saturated carbocycles. The van der Waals surface area contributed by atoms with Gasteiger partial charge in [-0.1, -0.05) is 212 Å². The Bertz CT molecular complexity index is 3180. The molecule has 1 nitrogen and oxygen atoms in total. The maximum Gasteiger partial charge on any atom is 0.0714 e. The monoisotopic (exact) mass is 775 g/mol. The van der Waals surface area contributed by atoms with Gasteiger partial charge in [0.15, 0.2) is 0 Å². The molecule has 0 aromatic heterocycles. The molecule has 2 aliphatic carbocycles. The lowest BCUT2D eigenvalue weighted by Crippen LogP contribution is -2.33. The van der Waals surface area contributed by atoms with Crippen LogP contribution in [0.2, 0.25) is 0 Å². The van der Waals surface area contributed by atoms with Crippen LogP contribution in [0, 0.1) is 0 Å². The van der Waals surface area contributed by atoms with Crippen LogP contribution < -0.4 is 4.90 Å². The van der Waals surface area contributed by atoms with Crippen LogP contribution in [-0.2, 0) is 10.8 Å². The summed E-state index contributed by atoms with van der Waals surface area (Å²) in [7, 11) is 0. The van der Waals surface area contributed by atoms with Crippen molar-refractivity contribution in [3.63, 3.8) is 0 Å². The van der Waals surface area contributed by atoms with Crippen molar-refractivity contribution in [3.05, 3.63) is 293 Å². The normalized spacial score (nSPS) is 15.4. The maximum atomic E-state index is 2.46. The van der Waals surface area contributed by atoms with Gasteiger partial charge in [-0.3, -0.25) is 0 Å². The highest BCUT2D eigenvalue weighted by atomic mass is 15.1. The summed E-state index contributed by atoms with van der Waals surface area (Å²) in [6.07, 6.45) is 0. The molecule has 286 valence electrons. The summed E-state index contributed by atoms with van der Waals surface area (Å²) in [4.78, 5) is 2.42. The number of hydrogen-bond donors (Lipinski definition) is 0. The number of fused-ring (bicyclic) bond motifs is 5. The average molecular weight is 776 g/mol. The molecule has 61 heavy (non-hydrogen) atoms. The van der Waals surface area contributed by atoms with Gasteiger partial charge in [-0.25, -0.2) is 0 Å². The largest absolute Gasteiger partial charge is 0.310 e. The molecule has 0 radical (unpaired) electrons. The zero-order valence-electron chi connectivity index (χ0n) is 33.6. The Morgan fingerprint density at radius 2 is 0.639 bits per heavy atom. The fourth-order valence-corrected chi connectivity index (χ4v) is 11.0. The fraction of sp³-hybridized carbons (Fsp3) is 0.0333. The second-order valence-corrected chi connectivity index (χ2v) is 16.3. The van der Waals surface area contributed by atoms with Crippen molar-refractivity contribution >= 4 is 27.8 Å². The molecule has 0 spiro atoms. The maximum absolute atomic E-state index is 2.46. The van der Waals surface area contributed by atoms with E-state index in [2.05, 4.69) is 254 Å². The fourth-order valence-electron chi connectivity index (χ4n) is 11.0. The van der Waals surface area contributed by atoms with Crippen molar-refractivity contribution in [1.29, 1.82) is 0 Å². The molecular weight excluding hydrogens is 735 g/mol. The van der Waals surface area contributed by atoms with E-state index in [-0.39, 0.29) is 0 Å². The first-order valence-electron chi connectivity index (χ1n) is 21.3. The van der Waals surface area contributed by atoms with Crippen molar-refractivity contribution < 1.29 is 0 Å². The second kappa shape index (κ2) is 13.9. The summed E-state index contributed by atoms with van der Waals surface area (Å²) < 4.78 is 0. The van der Waals surface area contributed by atoms with E-state index in [1.165, 1.54) is 77.5 Å². The first-order chi connectivity index (χ1) is 30.3. The Balaban J connectivity index is 1.08. The average Bonchev–Trinajstić information content (AvgIpc) is 3.64. The predicted octanol–water partition coefficient (Wildman–Crippen LogP) is 15.0. The smallest absolute Gasteiger partial charge is 0.0714 e. The molecule has 10 aromatic rings. The minimum absolute atomic E-state index is 0.496. The zero-order chi connectivity index (χ0) is 40.4. The third-order valence-electron chi connectivity index (χ3n) is 13.4. The van der Waals surface area contributed by atoms with Gasteiger partial charge in [0.1, 0.15) is 0 Å². The minimum Gasteiger partial charge on any atom is -0.310 e. The molecule has 1 unspecified atom stereocenters. The summed E-state index contributed by atoms with van der Waals surface area (Å²) in [6.45, 7) is 0. The van der Waals surface area contributed by atoms with Gasteiger partial charge in [0.2, 0.25) is 0 Å². The minimum atomic E-state index is -0.536. The van der Waals surface area contributed by atoms with E-state index in [0.29, 0.717) is 0 Å². The van der Waals surface area contributed by atoms with Gasteiger partial charge in [0, 0.05) is 17.1 Å². The molecule has 10 aromatic carbocycles. The number of anilines is 3. The van der Waals surface area contributed by atoms with E-state index < -0.39 is 10.8 Å². The zero-order valence-corrected chi connectivity index (χ0v) is 33.6. The van der Waals surface area contributed by atoms with Gasteiger partial charge >= 0.3 is 0 Å². The Morgan fingerprint density at radius 1 is 0.246 bits per heavy atom. The Hall–Kier alpha value is -7.74. The van der Waals surface area contributed by atoms with Gasteiger partial charge in [-0.2, -0.15) is 0 Å². The number of hydrogen-bond acceptors (Lipinski definition) is 1. The van der Waals surface area contributed by atoms with E-state index in [1.807, 2.05) is 0 Å². The summed E-state index contributed by atoms with van der Waals surface area (Å²) in [5.41, 5.74) is 17.6. The number of rotatable bonds is 7. The SMILES string of the molecule is c1ccc(N(c2ccc(C3(c4ccccc4)c4ccccc4-c4cccc5cccc3c45)cc2)c2ccc3c(c2)C(c2ccccc2)(c2ccccc2)c2ccccc2-3)cc1. The van der Waals surface area contributed by atoms with Crippen molar-refractivity contribution in [1.82, 2.24) is 0 Å². The molecule has 1 heteroatoms. The molecule has 0 amide bonds. The van der Waals surface area contributed by atoms with Crippen LogP contribution in [0.5, 0.6) is 0 Å². The van der Waals surface area contributed by atoms with Crippen LogP contribution in [-0.4, -0.2) is 0 Å². The lowest BCUT2D eigenvalue weighted by molar-refractivity contribution is 0.750. The topological polar surface area (TPSA) is 3.24 Å². The van der Waals surface area contributed by atoms with Crippen molar-refractivity contribution in [3.8, 4) is 22.3 Å². The van der Waals surface area contributed by atoms with E-state index in [0.717, 1.165) is 17.1 Å². The van der Waals surface area contributed by atoms with Crippen LogP contribution >= 0.6 is 0 Å². The van der Waals surface area contributed by atoms with Gasteiger partial charge in [-0.15, -0.1) is 0 Å². The van der Waals surface area contributed by atoms with Crippen LogP contribution in [0.3, 0.4) is 0 Å². The van der Waals surface area contributed by atoms with Gasteiger partial charge in [0.25, 0.3) is 0 Å². The first-order valence-corrected chi connectivity index (χ1v) is 21.3. The lowest BCUT2D eigenvalue weighted by atomic mass is 9.59. The van der Waals surface area contributed by atoms with E-state index in [9.17, 15) is 0 Å². The van der Waals surface area contributed by atoms with Gasteiger partial charge in [-0.05, 0) is 114 Å². The molecule has 0 fully saturated rings. The van der Waals surface area contributed by atoms with Crippen LogP contribution in [0.15, 0.2) is 249 Å². The Kier molecular flexibility index (Phi) is 8.05. The summed E-state index contributed by atoms with van der Waals surface area (Å²) in [6, 6.07) is 92.2. The lowest BCUT2D eigenvalue weighted by Gasteiger charge is -2.42. The molecule has 2 aliphatic rings. The first kappa shape index (κ1) is 35.2.